The molecule has 0 N–H and O–H groups in total. The maximum absolute atomic E-state index is 2.59. The van der Waals surface area contributed by atoms with Crippen LogP contribution in [0.2, 0.25) is 0 Å². The van der Waals surface area contributed by atoms with Crippen LogP contribution in [0.1, 0.15) is 52.7 Å². The lowest BCUT2D eigenvalue weighted by Crippen LogP contribution is -2.60. The molecule has 0 saturated heterocycles. The van der Waals surface area contributed by atoms with Gasteiger partial charge in [0.2, 0.25) is 0 Å². The summed E-state index contributed by atoms with van der Waals surface area (Å²) in [5.41, 5.74) is 16.1. The third-order valence-electron chi connectivity index (χ3n) is 13.4. The molecule has 2 aliphatic rings. The number of rotatable bonds is 5. The van der Waals surface area contributed by atoms with Crippen LogP contribution in [-0.2, 0) is 10.8 Å². The SMILES string of the molecule is CC(C)(C)c1ccc(N(c2ccc(C(C)(C)C)cc2)c2ccc3c(c2)N(c2cccc4c2sc2ccccc24)c2cccc4c2B3c2sc3ccccc3c2N4c2ccccc2)cc1. The molecule has 2 aromatic heterocycles. The molecular formula is C58H48BN3S2. The van der Waals surface area contributed by atoms with Crippen LogP contribution in [0.5, 0.6) is 0 Å². The number of para-hydroxylation sites is 1. The van der Waals surface area contributed by atoms with Gasteiger partial charge in [0.1, 0.15) is 0 Å². The van der Waals surface area contributed by atoms with Crippen molar-refractivity contribution in [1.29, 1.82) is 0 Å². The maximum Gasteiger partial charge on any atom is 0.264 e. The summed E-state index contributed by atoms with van der Waals surface area (Å²) in [6.45, 7) is 13.8. The molecular weight excluding hydrogens is 814 g/mol. The van der Waals surface area contributed by atoms with Gasteiger partial charge >= 0.3 is 0 Å². The quantitative estimate of drug-likeness (QED) is 0.160. The Balaban J connectivity index is 1.15. The highest BCUT2D eigenvalue weighted by Gasteiger charge is 2.45. The molecule has 4 heterocycles. The summed E-state index contributed by atoms with van der Waals surface area (Å²) < 4.78 is 5.28. The summed E-state index contributed by atoms with van der Waals surface area (Å²) in [6.07, 6.45) is 0. The fourth-order valence-corrected chi connectivity index (χ4v) is 12.7. The van der Waals surface area contributed by atoms with Crippen LogP contribution in [0.3, 0.4) is 0 Å². The van der Waals surface area contributed by atoms with E-state index in [1.807, 2.05) is 22.7 Å². The highest BCUT2D eigenvalue weighted by Crippen LogP contribution is 2.51. The van der Waals surface area contributed by atoms with Gasteiger partial charge in [-0.25, -0.2) is 0 Å². The van der Waals surface area contributed by atoms with Gasteiger partial charge in [0.25, 0.3) is 6.71 Å². The highest BCUT2D eigenvalue weighted by molar-refractivity contribution is 7.33. The van der Waals surface area contributed by atoms with E-state index < -0.39 is 0 Å². The molecule has 0 saturated carbocycles. The highest BCUT2D eigenvalue weighted by atomic mass is 32.1. The molecule has 6 heteroatoms. The number of anilines is 9. The summed E-state index contributed by atoms with van der Waals surface area (Å²) in [5, 5.41) is 3.89. The van der Waals surface area contributed by atoms with Crippen molar-refractivity contribution in [3.05, 3.63) is 193 Å². The summed E-state index contributed by atoms with van der Waals surface area (Å²) >= 11 is 3.84. The van der Waals surface area contributed by atoms with E-state index >= 15 is 0 Å². The topological polar surface area (TPSA) is 9.72 Å². The third kappa shape index (κ3) is 6.07. The lowest BCUT2D eigenvalue weighted by atomic mass is 9.36. The van der Waals surface area contributed by atoms with Crippen LogP contribution in [0.15, 0.2) is 182 Å². The minimum absolute atomic E-state index is 0.0334. The Bertz CT molecular complexity index is 3370. The zero-order chi connectivity index (χ0) is 43.5. The number of nitrogens with zero attached hydrogens (tertiary/aromatic N) is 3. The molecule has 0 spiro atoms. The van der Waals surface area contributed by atoms with E-state index in [4.69, 9.17) is 0 Å². The first-order valence-electron chi connectivity index (χ1n) is 22.4. The summed E-state index contributed by atoms with van der Waals surface area (Å²) in [7, 11) is 0. The molecule has 8 aromatic carbocycles. The van der Waals surface area contributed by atoms with Gasteiger partial charge in [-0.15, -0.1) is 22.7 Å². The van der Waals surface area contributed by atoms with Crippen LogP contribution in [0, 0.1) is 0 Å². The van der Waals surface area contributed by atoms with Crippen molar-refractivity contribution in [1.82, 2.24) is 0 Å². The van der Waals surface area contributed by atoms with Gasteiger partial charge in [-0.2, -0.15) is 0 Å². The predicted molar refractivity (Wildman–Crippen MR) is 281 cm³/mol. The predicted octanol–water partition coefficient (Wildman–Crippen LogP) is 15.4. The largest absolute Gasteiger partial charge is 0.310 e. The van der Waals surface area contributed by atoms with Gasteiger partial charge in [0.15, 0.2) is 0 Å². The average molecular weight is 862 g/mol. The molecule has 0 amide bonds. The zero-order valence-corrected chi connectivity index (χ0v) is 38.7. The van der Waals surface area contributed by atoms with Gasteiger partial charge in [0, 0.05) is 70.1 Å². The Morgan fingerprint density at radius 3 is 1.62 bits per heavy atom. The summed E-state index contributed by atoms with van der Waals surface area (Å²) in [5.74, 6) is 0. The van der Waals surface area contributed by atoms with Crippen molar-refractivity contribution in [3.63, 3.8) is 0 Å². The molecule has 0 aliphatic carbocycles. The van der Waals surface area contributed by atoms with Gasteiger partial charge in [0.05, 0.1) is 16.1 Å². The summed E-state index contributed by atoms with van der Waals surface area (Å²) in [4.78, 5) is 7.58. The van der Waals surface area contributed by atoms with E-state index in [1.165, 1.54) is 91.2 Å². The van der Waals surface area contributed by atoms with E-state index in [-0.39, 0.29) is 17.5 Å². The molecule has 64 heavy (non-hydrogen) atoms. The Morgan fingerprint density at radius 2 is 0.969 bits per heavy atom. The number of benzene rings is 8. The van der Waals surface area contributed by atoms with Crippen molar-refractivity contribution in [2.45, 2.75) is 52.4 Å². The molecule has 12 rings (SSSR count). The van der Waals surface area contributed by atoms with Crippen molar-refractivity contribution in [3.8, 4) is 0 Å². The number of hydrogen-bond acceptors (Lipinski definition) is 5. The van der Waals surface area contributed by atoms with Crippen LogP contribution in [-0.4, -0.2) is 6.71 Å². The van der Waals surface area contributed by atoms with E-state index in [2.05, 4.69) is 238 Å². The molecule has 0 atom stereocenters. The molecule has 310 valence electrons. The lowest BCUT2D eigenvalue weighted by Gasteiger charge is -2.43. The lowest BCUT2D eigenvalue weighted by molar-refractivity contribution is 0.590. The number of thiophene rings is 2. The van der Waals surface area contributed by atoms with E-state index in [0.717, 1.165) is 17.1 Å². The first-order valence-corrected chi connectivity index (χ1v) is 24.0. The molecule has 0 unspecified atom stereocenters. The van der Waals surface area contributed by atoms with Gasteiger partial charge < -0.3 is 14.7 Å². The monoisotopic (exact) mass is 861 g/mol. The Kier molecular flexibility index (Phi) is 8.82. The zero-order valence-electron chi connectivity index (χ0n) is 37.1. The number of fused-ring (bicyclic) bond motifs is 9. The van der Waals surface area contributed by atoms with Crippen molar-refractivity contribution in [2.75, 3.05) is 14.7 Å². The molecule has 0 bridgehead atoms. The smallest absolute Gasteiger partial charge is 0.264 e. The van der Waals surface area contributed by atoms with Crippen LogP contribution >= 0.6 is 22.7 Å². The second-order valence-electron chi connectivity index (χ2n) is 19.4. The van der Waals surface area contributed by atoms with Crippen molar-refractivity contribution >= 4 is 127 Å². The minimum atomic E-state index is 0.0334. The van der Waals surface area contributed by atoms with Gasteiger partial charge in [-0.1, -0.05) is 145 Å². The molecule has 2 aliphatic heterocycles. The maximum atomic E-state index is 2.59. The van der Waals surface area contributed by atoms with Crippen molar-refractivity contribution < 1.29 is 0 Å². The molecule has 0 radical (unpaired) electrons. The second kappa shape index (κ2) is 14.5. The van der Waals surface area contributed by atoms with Crippen molar-refractivity contribution in [2.24, 2.45) is 0 Å². The van der Waals surface area contributed by atoms with E-state index in [0.29, 0.717) is 0 Å². The third-order valence-corrected chi connectivity index (χ3v) is 15.8. The number of hydrogen-bond donors (Lipinski definition) is 0. The molecule has 3 nitrogen and oxygen atoms in total. The van der Waals surface area contributed by atoms with Crippen LogP contribution < -0.4 is 30.4 Å². The average Bonchev–Trinajstić information content (AvgIpc) is 3.88. The second-order valence-corrected chi connectivity index (χ2v) is 21.5. The molecule has 0 fully saturated rings. The standard InChI is InChI=1S/C58H48BN3S2/c1-57(2,3)37-26-30-40(31-27-37)60(41-32-28-38(29-33-41)58(4,5)6)42-34-35-46-50(36-42)62(49-23-14-20-44-43-18-10-12-24-51(43)63-55(44)49)48-22-15-21-47-53(48)59(46)56-54(45-19-11-13-25-52(45)64-56)61(47)39-16-8-7-9-17-39/h7-36H,1-6H3. The van der Waals surface area contributed by atoms with E-state index in [9.17, 15) is 0 Å². The molecule has 10 aromatic rings. The fraction of sp³-hybridized carbons (Fsp3) is 0.138. The minimum Gasteiger partial charge on any atom is -0.310 e. The van der Waals surface area contributed by atoms with Gasteiger partial charge in [-0.3, -0.25) is 0 Å². The summed E-state index contributed by atoms with van der Waals surface area (Å²) in [6, 6.07) is 68.4. The normalized spacial score (nSPS) is 13.4. The first kappa shape index (κ1) is 39.0. The Morgan fingerprint density at radius 1 is 0.438 bits per heavy atom. The Hall–Kier alpha value is -6.60. The van der Waals surface area contributed by atoms with Gasteiger partial charge in [-0.05, 0) is 112 Å². The Labute approximate surface area is 384 Å². The van der Waals surface area contributed by atoms with E-state index in [1.54, 1.807) is 0 Å². The van der Waals surface area contributed by atoms with Crippen LogP contribution in [0.4, 0.5) is 51.2 Å². The fourth-order valence-electron chi connectivity index (χ4n) is 10.2. The first-order chi connectivity index (χ1) is 31.0. The van der Waals surface area contributed by atoms with Crippen LogP contribution in [0.25, 0.3) is 30.3 Å².